The summed E-state index contributed by atoms with van der Waals surface area (Å²) in [5.74, 6) is 0.879. The summed E-state index contributed by atoms with van der Waals surface area (Å²) in [6.45, 7) is 1.000. The normalized spacial score (nSPS) is 11.7. The van der Waals surface area contributed by atoms with E-state index in [4.69, 9.17) is 14.2 Å². The first-order valence-corrected chi connectivity index (χ1v) is 9.84. The van der Waals surface area contributed by atoms with Crippen molar-refractivity contribution in [2.75, 3.05) is 27.4 Å². The van der Waals surface area contributed by atoms with Crippen molar-refractivity contribution in [3.63, 3.8) is 0 Å². The fourth-order valence-electron chi connectivity index (χ4n) is 2.51. The molecule has 0 radical (unpaired) electrons. The van der Waals surface area contributed by atoms with E-state index < -0.39 is 0 Å². The lowest BCUT2D eigenvalue weighted by molar-refractivity contribution is -0.120. The predicted octanol–water partition coefficient (Wildman–Crippen LogP) is 3.63. The van der Waals surface area contributed by atoms with E-state index in [0.717, 1.165) is 14.7 Å². The van der Waals surface area contributed by atoms with Gasteiger partial charge in [-0.15, -0.1) is 0 Å². The van der Waals surface area contributed by atoms with Crippen LogP contribution in [0.25, 0.3) is 10.2 Å². The average molecular weight is 451 g/mol. The van der Waals surface area contributed by atoms with Crippen LogP contribution in [-0.4, -0.2) is 37.9 Å². The van der Waals surface area contributed by atoms with Gasteiger partial charge in [0, 0.05) is 24.2 Å². The second-order valence-corrected chi connectivity index (χ2v) is 7.54. The van der Waals surface area contributed by atoms with Gasteiger partial charge in [0.05, 0.1) is 23.9 Å². The van der Waals surface area contributed by atoms with Crippen molar-refractivity contribution in [2.45, 2.75) is 6.54 Å². The SMILES string of the molecule is COCCn1c(=NC(=O)COc2cccc(OC)c2)sc2cc(Br)ccc21. The Morgan fingerprint density at radius 2 is 2.00 bits per heavy atom. The lowest BCUT2D eigenvalue weighted by Gasteiger charge is -2.06. The lowest BCUT2D eigenvalue weighted by atomic mass is 10.3. The number of carbonyl (C=O) groups is 1. The van der Waals surface area contributed by atoms with Crippen LogP contribution in [0.3, 0.4) is 0 Å². The highest BCUT2D eigenvalue weighted by molar-refractivity contribution is 9.10. The molecule has 1 heterocycles. The fraction of sp³-hybridized carbons (Fsp3) is 0.263. The molecule has 1 aromatic heterocycles. The first-order chi connectivity index (χ1) is 13.1. The lowest BCUT2D eigenvalue weighted by Crippen LogP contribution is -2.21. The molecule has 0 saturated heterocycles. The van der Waals surface area contributed by atoms with Gasteiger partial charge in [0.1, 0.15) is 11.5 Å². The van der Waals surface area contributed by atoms with Crippen LogP contribution in [0.1, 0.15) is 0 Å². The maximum absolute atomic E-state index is 12.3. The van der Waals surface area contributed by atoms with E-state index in [9.17, 15) is 4.79 Å². The van der Waals surface area contributed by atoms with E-state index in [-0.39, 0.29) is 12.5 Å². The van der Waals surface area contributed by atoms with Gasteiger partial charge in [0.15, 0.2) is 11.4 Å². The number of rotatable bonds is 7. The molecule has 27 heavy (non-hydrogen) atoms. The van der Waals surface area contributed by atoms with Crippen molar-refractivity contribution < 1.29 is 19.0 Å². The standard InChI is InChI=1S/C19H19BrN2O4S/c1-24-9-8-22-16-7-6-13(20)10-17(16)27-19(22)21-18(23)12-26-15-5-3-4-14(11-15)25-2/h3-7,10-11H,8-9,12H2,1-2H3. The molecule has 0 saturated carbocycles. The molecule has 0 aliphatic heterocycles. The molecular formula is C19H19BrN2O4S. The minimum absolute atomic E-state index is 0.143. The van der Waals surface area contributed by atoms with Crippen LogP contribution >= 0.6 is 27.3 Å². The van der Waals surface area contributed by atoms with E-state index >= 15 is 0 Å². The number of nitrogens with zero attached hydrogens (tertiary/aromatic N) is 2. The Kier molecular flexibility index (Phi) is 6.65. The molecule has 0 unspecified atom stereocenters. The van der Waals surface area contributed by atoms with Gasteiger partial charge in [0.2, 0.25) is 0 Å². The summed E-state index contributed by atoms with van der Waals surface area (Å²) in [4.78, 5) is 17.2. The van der Waals surface area contributed by atoms with Gasteiger partial charge in [-0.3, -0.25) is 4.79 Å². The molecule has 0 aliphatic rings. The van der Waals surface area contributed by atoms with Crippen LogP contribution in [0.4, 0.5) is 0 Å². The summed E-state index contributed by atoms with van der Waals surface area (Å²) >= 11 is 4.94. The Labute approximate surface area is 169 Å². The molecule has 8 heteroatoms. The second-order valence-electron chi connectivity index (χ2n) is 5.61. The molecule has 6 nitrogen and oxygen atoms in total. The minimum Gasteiger partial charge on any atom is -0.497 e. The average Bonchev–Trinajstić information content (AvgIpc) is 3.00. The van der Waals surface area contributed by atoms with E-state index in [1.54, 1.807) is 32.4 Å². The van der Waals surface area contributed by atoms with Crippen LogP contribution < -0.4 is 14.3 Å². The van der Waals surface area contributed by atoms with Crippen molar-refractivity contribution in [3.8, 4) is 11.5 Å². The molecule has 1 amide bonds. The van der Waals surface area contributed by atoms with E-state index in [1.165, 1.54) is 11.3 Å². The van der Waals surface area contributed by atoms with Gasteiger partial charge in [-0.05, 0) is 30.3 Å². The van der Waals surface area contributed by atoms with Crippen LogP contribution in [0.15, 0.2) is 51.9 Å². The maximum Gasteiger partial charge on any atom is 0.286 e. The summed E-state index contributed by atoms with van der Waals surface area (Å²) in [5, 5.41) is 0. The predicted molar refractivity (Wildman–Crippen MR) is 108 cm³/mol. The second kappa shape index (κ2) is 9.16. The number of ether oxygens (including phenoxy) is 3. The van der Waals surface area contributed by atoms with Crippen molar-refractivity contribution in [2.24, 2.45) is 4.99 Å². The van der Waals surface area contributed by atoms with E-state index in [2.05, 4.69) is 20.9 Å². The van der Waals surface area contributed by atoms with Crippen LogP contribution in [0.5, 0.6) is 11.5 Å². The summed E-state index contributed by atoms with van der Waals surface area (Å²) in [7, 11) is 3.23. The van der Waals surface area contributed by atoms with Gasteiger partial charge < -0.3 is 18.8 Å². The maximum atomic E-state index is 12.3. The van der Waals surface area contributed by atoms with Gasteiger partial charge in [-0.25, -0.2) is 0 Å². The molecule has 2 aromatic carbocycles. The molecular weight excluding hydrogens is 432 g/mol. The Hall–Kier alpha value is -2.16. The smallest absolute Gasteiger partial charge is 0.286 e. The monoisotopic (exact) mass is 450 g/mol. The first kappa shape index (κ1) is 19.6. The number of halogens is 1. The number of hydrogen-bond donors (Lipinski definition) is 0. The molecule has 0 aliphatic carbocycles. The summed E-state index contributed by atoms with van der Waals surface area (Å²) in [6, 6.07) is 13.1. The minimum atomic E-state index is -0.352. The molecule has 0 fully saturated rings. The third-order valence-electron chi connectivity index (χ3n) is 3.79. The quantitative estimate of drug-likeness (QED) is 0.551. The molecule has 3 rings (SSSR count). The number of amides is 1. The topological polar surface area (TPSA) is 62.1 Å². The van der Waals surface area contributed by atoms with Crippen LogP contribution in [0, 0.1) is 0 Å². The highest BCUT2D eigenvalue weighted by atomic mass is 79.9. The summed E-state index contributed by atoms with van der Waals surface area (Å²) in [6.07, 6.45) is 0. The highest BCUT2D eigenvalue weighted by Gasteiger charge is 2.09. The first-order valence-electron chi connectivity index (χ1n) is 8.23. The molecule has 0 bridgehead atoms. The van der Waals surface area contributed by atoms with Crippen molar-refractivity contribution in [1.82, 2.24) is 4.57 Å². The number of fused-ring (bicyclic) bond motifs is 1. The van der Waals surface area contributed by atoms with Gasteiger partial charge in [-0.2, -0.15) is 4.99 Å². The third kappa shape index (κ3) is 4.97. The zero-order valence-corrected chi connectivity index (χ0v) is 17.4. The van der Waals surface area contributed by atoms with E-state index in [0.29, 0.717) is 29.5 Å². The molecule has 3 aromatic rings. The van der Waals surface area contributed by atoms with Gasteiger partial charge in [-0.1, -0.05) is 33.3 Å². The molecule has 142 valence electrons. The number of benzene rings is 2. The van der Waals surface area contributed by atoms with Gasteiger partial charge >= 0.3 is 0 Å². The Morgan fingerprint density at radius 3 is 2.78 bits per heavy atom. The number of carbonyl (C=O) groups excluding carboxylic acids is 1. The van der Waals surface area contributed by atoms with Crippen LogP contribution in [0.2, 0.25) is 0 Å². The Balaban J connectivity index is 1.83. The van der Waals surface area contributed by atoms with Gasteiger partial charge in [0.25, 0.3) is 5.91 Å². The summed E-state index contributed by atoms with van der Waals surface area (Å²) in [5.41, 5.74) is 1.01. The number of aromatic nitrogens is 1. The van der Waals surface area contributed by atoms with Crippen molar-refractivity contribution in [1.29, 1.82) is 0 Å². The molecule has 0 N–H and O–H groups in total. The largest absolute Gasteiger partial charge is 0.497 e. The Bertz CT molecular complexity index is 1010. The number of thiazole rings is 1. The zero-order valence-electron chi connectivity index (χ0n) is 15.0. The third-order valence-corrected chi connectivity index (χ3v) is 5.32. The van der Waals surface area contributed by atoms with E-state index in [1.807, 2.05) is 28.8 Å². The fourth-order valence-corrected chi connectivity index (χ4v) is 4.13. The van der Waals surface area contributed by atoms with Crippen molar-refractivity contribution >= 4 is 43.4 Å². The zero-order chi connectivity index (χ0) is 19.2. The number of methoxy groups -OCH3 is 2. The Morgan fingerprint density at radius 1 is 1.19 bits per heavy atom. The highest BCUT2D eigenvalue weighted by Crippen LogP contribution is 2.22. The van der Waals surface area contributed by atoms with Crippen LogP contribution in [-0.2, 0) is 16.1 Å². The molecule has 0 spiro atoms. The van der Waals surface area contributed by atoms with Crippen molar-refractivity contribution in [3.05, 3.63) is 51.7 Å². The molecule has 0 atom stereocenters. The summed E-state index contributed by atoms with van der Waals surface area (Å²) < 4.78 is 19.9. The number of hydrogen-bond acceptors (Lipinski definition) is 5.